The van der Waals surface area contributed by atoms with Gasteiger partial charge in [0.05, 0.1) is 6.61 Å². The molecule has 1 N–H and O–H groups in total. The van der Waals surface area contributed by atoms with Crippen LogP contribution in [0.4, 0.5) is 0 Å². The van der Waals surface area contributed by atoms with Crippen molar-refractivity contribution in [3.05, 3.63) is 35.4 Å². The van der Waals surface area contributed by atoms with Gasteiger partial charge in [-0.05, 0) is 18.1 Å². The fraction of sp³-hybridized carbons (Fsp3) is 0.750. The minimum absolute atomic E-state index is 0.143. The molecule has 0 spiro atoms. The summed E-state index contributed by atoms with van der Waals surface area (Å²) in [6.07, 6.45) is 20.5. The lowest BCUT2D eigenvalue weighted by molar-refractivity contribution is -0.532. The van der Waals surface area contributed by atoms with Gasteiger partial charge in [0.2, 0.25) is 0 Å². The zero-order valence-electron chi connectivity index (χ0n) is 21.8. The summed E-state index contributed by atoms with van der Waals surface area (Å²) in [6.45, 7) is 4.12. The van der Waals surface area contributed by atoms with Crippen LogP contribution in [0, 0.1) is 0 Å². The molecule has 200 valence electrons. The SMILES string of the molecule is CCCCCCCCCCCCCCCCOCC(C[N+]1=Cc2ccccc2CC1)OS(=O)(=O)O. The zero-order valence-corrected chi connectivity index (χ0v) is 22.7. The number of ether oxygens (including phenoxy) is 1. The van der Waals surface area contributed by atoms with Crippen LogP contribution >= 0.6 is 0 Å². The van der Waals surface area contributed by atoms with Gasteiger partial charge in [-0.25, -0.2) is 8.76 Å². The number of nitrogens with zero attached hydrogens (tertiary/aromatic N) is 1. The van der Waals surface area contributed by atoms with E-state index in [0.29, 0.717) is 13.2 Å². The maximum Gasteiger partial charge on any atom is 0.397 e. The molecule has 0 saturated carbocycles. The molecule has 2 rings (SSSR count). The molecule has 1 atom stereocenters. The lowest BCUT2D eigenvalue weighted by Gasteiger charge is -2.17. The molecule has 1 aromatic rings. The van der Waals surface area contributed by atoms with Gasteiger partial charge in [0, 0.05) is 18.6 Å². The Morgan fingerprint density at radius 3 is 2.06 bits per heavy atom. The lowest BCUT2D eigenvalue weighted by atomic mass is 10.0. The van der Waals surface area contributed by atoms with Crippen LogP contribution in [0.5, 0.6) is 0 Å². The summed E-state index contributed by atoms with van der Waals surface area (Å²) >= 11 is 0. The molecule has 1 aromatic carbocycles. The van der Waals surface area contributed by atoms with Gasteiger partial charge < -0.3 is 4.74 Å². The van der Waals surface area contributed by atoms with Crippen LogP contribution in [0.25, 0.3) is 0 Å². The number of hydrogen-bond acceptors (Lipinski definition) is 4. The second-order valence-electron chi connectivity index (χ2n) is 9.89. The fourth-order valence-electron chi connectivity index (χ4n) is 4.71. The summed E-state index contributed by atoms with van der Waals surface area (Å²) in [5.41, 5.74) is 2.41. The molecule has 1 aliphatic heterocycles. The van der Waals surface area contributed by atoms with Gasteiger partial charge in [0.25, 0.3) is 0 Å². The van der Waals surface area contributed by atoms with Gasteiger partial charge >= 0.3 is 10.4 Å². The molecule has 0 bridgehead atoms. The monoisotopic (exact) mass is 510 g/mol. The first kappa shape index (κ1) is 29.9. The van der Waals surface area contributed by atoms with E-state index in [1.54, 1.807) is 0 Å². The molecule has 6 nitrogen and oxygen atoms in total. The van der Waals surface area contributed by atoms with Gasteiger partial charge in [-0.15, -0.1) is 0 Å². The first-order valence-electron chi connectivity index (χ1n) is 13.9. The summed E-state index contributed by atoms with van der Waals surface area (Å²) in [7, 11) is -4.53. The Morgan fingerprint density at radius 2 is 1.46 bits per heavy atom. The number of unbranched alkanes of at least 4 members (excludes halogenated alkanes) is 13. The Balaban J connectivity index is 1.52. The van der Waals surface area contributed by atoms with E-state index in [1.165, 1.54) is 82.6 Å². The van der Waals surface area contributed by atoms with E-state index in [4.69, 9.17) is 8.92 Å². The van der Waals surface area contributed by atoms with Crippen molar-refractivity contribution in [3.63, 3.8) is 0 Å². The Kier molecular flexibility index (Phi) is 15.4. The van der Waals surface area contributed by atoms with E-state index in [2.05, 4.69) is 13.0 Å². The minimum atomic E-state index is -4.53. The average Bonchev–Trinajstić information content (AvgIpc) is 2.82. The van der Waals surface area contributed by atoms with Crippen molar-refractivity contribution < 1.29 is 26.5 Å². The average molecular weight is 511 g/mol. The Bertz CT molecular complexity index is 824. The normalized spacial score (nSPS) is 14.5. The van der Waals surface area contributed by atoms with Crippen molar-refractivity contribution in [2.45, 2.75) is 109 Å². The second-order valence-corrected chi connectivity index (χ2v) is 10.9. The van der Waals surface area contributed by atoms with Crippen LogP contribution in [0.2, 0.25) is 0 Å². The van der Waals surface area contributed by atoms with E-state index < -0.39 is 16.5 Å². The maximum absolute atomic E-state index is 11.3. The molecule has 1 heterocycles. The predicted octanol–water partition coefficient (Wildman–Crippen LogP) is 6.36. The zero-order chi connectivity index (χ0) is 25.2. The van der Waals surface area contributed by atoms with Crippen molar-refractivity contribution in [2.24, 2.45) is 0 Å². The predicted molar refractivity (Wildman–Crippen MR) is 143 cm³/mol. The van der Waals surface area contributed by atoms with E-state index in [0.717, 1.165) is 31.4 Å². The molecule has 0 fully saturated rings. The Morgan fingerprint density at radius 1 is 0.886 bits per heavy atom. The molecule has 7 heteroatoms. The van der Waals surface area contributed by atoms with E-state index in [-0.39, 0.29) is 6.61 Å². The molecule has 1 unspecified atom stereocenters. The lowest BCUT2D eigenvalue weighted by Crippen LogP contribution is -2.36. The van der Waals surface area contributed by atoms with Crippen molar-refractivity contribution >= 4 is 16.6 Å². The first-order chi connectivity index (χ1) is 17.0. The molecule has 0 saturated heterocycles. The topological polar surface area (TPSA) is 75.8 Å². The maximum atomic E-state index is 11.3. The quantitative estimate of drug-likeness (QED) is 0.118. The third-order valence-electron chi connectivity index (χ3n) is 6.69. The Hall–Kier alpha value is -1.28. The van der Waals surface area contributed by atoms with Crippen LogP contribution in [0.3, 0.4) is 0 Å². The van der Waals surface area contributed by atoms with Crippen molar-refractivity contribution in [3.8, 4) is 0 Å². The van der Waals surface area contributed by atoms with Crippen molar-refractivity contribution in [1.29, 1.82) is 0 Å². The fourth-order valence-corrected chi connectivity index (χ4v) is 5.18. The smallest absolute Gasteiger partial charge is 0.378 e. The number of rotatable bonds is 21. The molecule has 0 radical (unpaired) electrons. The summed E-state index contributed by atoms with van der Waals surface area (Å²) in [5.74, 6) is 0. The molecule has 0 aliphatic carbocycles. The van der Waals surface area contributed by atoms with Crippen LogP contribution in [0.1, 0.15) is 108 Å². The van der Waals surface area contributed by atoms with Gasteiger partial charge in [-0.2, -0.15) is 8.42 Å². The van der Waals surface area contributed by atoms with E-state index in [9.17, 15) is 13.0 Å². The van der Waals surface area contributed by atoms with E-state index in [1.807, 2.05) is 29.0 Å². The highest BCUT2D eigenvalue weighted by molar-refractivity contribution is 7.80. The highest BCUT2D eigenvalue weighted by Crippen LogP contribution is 2.14. The molecule has 0 amide bonds. The van der Waals surface area contributed by atoms with Crippen molar-refractivity contribution in [2.75, 3.05) is 26.3 Å². The second kappa shape index (κ2) is 18.0. The highest BCUT2D eigenvalue weighted by atomic mass is 32.3. The van der Waals surface area contributed by atoms with Crippen LogP contribution in [-0.2, 0) is 25.7 Å². The van der Waals surface area contributed by atoms with Gasteiger partial charge in [0.15, 0.2) is 18.9 Å². The standard InChI is InChI=1S/C28H47NO5S/c1-2-3-4-5-6-7-8-9-10-11-12-13-14-17-22-33-25-28(34-35(30,31)32)24-29-21-20-26-18-15-16-19-27(26)23-29/h15-16,18-19,23,28H,2-14,17,20-22,24-25H2,1H3/p+1. The third kappa shape index (κ3) is 14.8. The minimum Gasteiger partial charge on any atom is -0.378 e. The molecule has 35 heavy (non-hydrogen) atoms. The van der Waals surface area contributed by atoms with Crippen LogP contribution in [-0.4, -0.2) is 56.2 Å². The van der Waals surface area contributed by atoms with Gasteiger partial charge in [0.1, 0.15) is 6.54 Å². The molecular weight excluding hydrogens is 462 g/mol. The first-order valence-corrected chi connectivity index (χ1v) is 15.2. The van der Waals surface area contributed by atoms with Crippen LogP contribution in [0.15, 0.2) is 24.3 Å². The summed E-state index contributed by atoms with van der Waals surface area (Å²) < 4.78 is 44.4. The largest absolute Gasteiger partial charge is 0.397 e. The number of hydrogen-bond donors (Lipinski definition) is 1. The van der Waals surface area contributed by atoms with Crippen LogP contribution < -0.4 is 0 Å². The molecule has 1 aliphatic rings. The summed E-state index contributed by atoms with van der Waals surface area (Å²) in [4.78, 5) is 0. The van der Waals surface area contributed by atoms with Gasteiger partial charge in [-0.1, -0.05) is 109 Å². The van der Waals surface area contributed by atoms with Crippen molar-refractivity contribution in [1.82, 2.24) is 0 Å². The molecular formula is C28H48NO5S+. The summed E-state index contributed by atoms with van der Waals surface area (Å²) in [6, 6.07) is 8.17. The van der Waals surface area contributed by atoms with Gasteiger partial charge in [-0.3, -0.25) is 4.55 Å². The Labute approximate surface area is 214 Å². The molecule has 0 aromatic heterocycles. The third-order valence-corrected chi connectivity index (χ3v) is 7.20. The highest BCUT2D eigenvalue weighted by Gasteiger charge is 2.25. The van der Waals surface area contributed by atoms with E-state index >= 15 is 0 Å². The number of fused-ring (bicyclic) bond motifs is 1. The summed E-state index contributed by atoms with van der Waals surface area (Å²) in [5, 5.41) is 0. The number of benzene rings is 1.